The summed E-state index contributed by atoms with van der Waals surface area (Å²) in [7, 11) is 1.55. The Morgan fingerprint density at radius 3 is 2.65 bits per heavy atom. The Morgan fingerprint density at radius 2 is 1.96 bits per heavy atom. The Kier molecular flexibility index (Phi) is 5.32. The number of hydrogen-bond donors (Lipinski definition) is 2. The van der Waals surface area contributed by atoms with Gasteiger partial charge in [-0.1, -0.05) is 17.7 Å². The highest BCUT2D eigenvalue weighted by Gasteiger charge is 2.31. The molecule has 7 heteroatoms. The van der Waals surface area contributed by atoms with Crippen molar-refractivity contribution < 1.29 is 14.3 Å². The van der Waals surface area contributed by atoms with Crippen molar-refractivity contribution in [2.45, 2.75) is 19.4 Å². The van der Waals surface area contributed by atoms with E-state index in [1.807, 2.05) is 19.1 Å². The number of nitrogens with zero attached hydrogens (tertiary/aromatic N) is 1. The summed E-state index contributed by atoms with van der Waals surface area (Å²) in [6.45, 7) is 2.35. The van der Waals surface area contributed by atoms with Crippen molar-refractivity contribution in [3.63, 3.8) is 0 Å². The zero-order valence-electron chi connectivity index (χ0n) is 14.6. The van der Waals surface area contributed by atoms with E-state index in [1.54, 1.807) is 42.3 Å². The molecule has 3 rings (SSSR count). The number of aryl methyl sites for hydroxylation is 1. The van der Waals surface area contributed by atoms with Crippen LogP contribution >= 0.6 is 11.6 Å². The number of hydrogen-bond acceptors (Lipinski definition) is 3. The van der Waals surface area contributed by atoms with Crippen LogP contribution in [0.2, 0.25) is 5.02 Å². The fraction of sp³-hybridized carbons (Fsp3) is 0.263. The molecule has 0 aliphatic carbocycles. The van der Waals surface area contributed by atoms with E-state index in [0.29, 0.717) is 23.0 Å². The maximum atomic E-state index is 12.3. The number of halogens is 1. The van der Waals surface area contributed by atoms with Gasteiger partial charge in [0.2, 0.25) is 5.91 Å². The Labute approximate surface area is 157 Å². The number of anilines is 2. The highest BCUT2D eigenvalue weighted by atomic mass is 35.5. The fourth-order valence-electron chi connectivity index (χ4n) is 2.94. The summed E-state index contributed by atoms with van der Waals surface area (Å²) in [5, 5.41) is 6.24. The van der Waals surface area contributed by atoms with Gasteiger partial charge in [0.15, 0.2) is 0 Å². The Morgan fingerprint density at radius 1 is 1.23 bits per heavy atom. The SMILES string of the molecule is COc1ccc(C)cc1NC(=O)N[C@@H]1CC(=O)N(c2ccc(Cl)cc2)C1. The lowest BCUT2D eigenvalue weighted by Crippen LogP contribution is -2.39. The minimum absolute atomic E-state index is 0.0363. The van der Waals surface area contributed by atoms with Gasteiger partial charge in [0.1, 0.15) is 5.75 Å². The number of urea groups is 1. The second kappa shape index (κ2) is 7.66. The molecule has 0 aromatic heterocycles. The van der Waals surface area contributed by atoms with E-state index >= 15 is 0 Å². The van der Waals surface area contributed by atoms with Crippen molar-refractivity contribution in [1.82, 2.24) is 5.32 Å². The summed E-state index contributed by atoms with van der Waals surface area (Å²) >= 11 is 5.89. The van der Waals surface area contributed by atoms with Gasteiger partial charge in [0.05, 0.1) is 18.8 Å². The predicted octanol–water partition coefficient (Wildman–Crippen LogP) is 3.58. The van der Waals surface area contributed by atoms with Crippen LogP contribution in [0.5, 0.6) is 5.75 Å². The molecule has 0 spiro atoms. The van der Waals surface area contributed by atoms with Gasteiger partial charge < -0.3 is 20.3 Å². The maximum absolute atomic E-state index is 12.3. The van der Waals surface area contributed by atoms with E-state index in [-0.39, 0.29) is 24.4 Å². The minimum Gasteiger partial charge on any atom is -0.495 e. The number of amides is 3. The average Bonchev–Trinajstić information content (AvgIpc) is 2.96. The molecule has 1 fully saturated rings. The van der Waals surface area contributed by atoms with Gasteiger partial charge in [-0.15, -0.1) is 0 Å². The van der Waals surface area contributed by atoms with E-state index in [4.69, 9.17) is 16.3 Å². The lowest BCUT2D eigenvalue weighted by Gasteiger charge is -2.18. The standard InChI is InChI=1S/C19H20ClN3O3/c1-12-3-8-17(26-2)16(9-12)22-19(25)21-14-10-18(24)23(11-14)15-6-4-13(20)5-7-15/h3-9,14H,10-11H2,1-2H3,(H2,21,22,25)/t14-/m1/s1. The number of ether oxygens (including phenoxy) is 1. The van der Waals surface area contributed by atoms with Crippen molar-refractivity contribution in [2.75, 3.05) is 23.9 Å². The van der Waals surface area contributed by atoms with Crippen LogP contribution in [0.3, 0.4) is 0 Å². The Bertz CT molecular complexity index is 823. The summed E-state index contributed by atoms with van der Waals surface area (Å²) < 4.78 is 5.26. The van der Waals surface area contributed by atoms with Crippen LogP contribution in [0, 0.1) is 6.92 Å². The number of benzene rings is 2. The Hall–Kier alpha value is -2.73. The summed E-state index contributed by atoms with van der Waals surface area (Å²) in [6, 6.07) is 12.0. The average molecular weight is 374 g/mol. The number of carbonyl (C=O) groups excluding carboxylic acids is 2. The molecule has 3 amide bonds. The lowest BCUT2D eigenvalue weighted by atomic mass is 10.2. The molecule has 1 aliphatic heterocycles. The van der Waals surface area contributed by atoms with Crippen molar-refractivity contribution >= 4 is 34.9 Å². The molecule has 2 aromatic rings. The van der Waals surface area contributed by atoms with Crippen LogP contribution in [0.15, 0.2) is 42.5 Å². The second-order valence-corrected chi connectivity index (χ2v) is 6.62. The summed E-state index contributed by atoms with van der Waals surface area (Å²) in [5.41, 5.74) is 2.36. The molecule has 0 bridgehead atoms. The maximum Gasteiger partial charge on any atom is 0.319 e. The second-order valence-electron chi connectivity index (χ2n) is 6.18. The largest absolute Gasteiger partial charge is 0.495 e. The third kappa shape index (κ3) is 4.08. The highest BCUT2D eigenvalue weighted by molar-refractivity contribution is 6.30. The van der Waals surface area contributed by atoms with Gasteiger partial charge >= 0.3 is 6.03 Å². The molecule has 2 aromatic carbocycles. The van der Waals surface area contributed by atoms with Crippen molar-refractivity contribution in [2.24, 2.45) is 0 Å². The molecule has 1 saturated heterocycles. The van der Waals surface area contributed by atoms with Crippen molar-refractivity contribution in [3.8, 4) is 5.75 Å². The molecular formula is C19H20ClN3O3. The number of methoxy groups -OCH3 is 1. The smallest absolute Gasteiger partial charge is 0.319 e. The molecule has 6 nitrogen and oxygen atoms in total. The summed E-state index contributed by atoms with van der Waals surface area (Å²) in [4.78, 5) is 26.2. The van der Waals surface area contributed by atoms with E-state index in [2.05, 4.69) is 10.6 Å². The lowest BCUT2D eigenvalue weighted by molar-refractivity contribution is -0.117. The third-order valence-electron chi connectivity index (χ3n) is 4.20. The first-order valence-electron chi connectivity index (χ1n) is 8.24. The molecule has 0 unspecified atom stereocenters. The quantitative estimate of drug-likeness (QED) is 0.860. The highest BCUT2D eigenvalue weighted by Crippen LogP contribution is 2.26. The van der Waals surface area contributed by atoms with Gasteiger partial charge in [-0.2, -0.15) is 0 Å². The van der Waals surface area contributed by atoms with Crippen molar-refractivity contribution in [3.05, 3.63) is 53.1 Å². The van der Waals surface area contributed by atoms with Crippen LogP contribution in [0.4, 0.5) is 16.2 Å². The molecule has 1 atom stereocenters. The molecular weight excluding hydrogens is 354 g/mol. The predicted molar refractivity (Wildman–Crippen MR) is 102 cm³/mol. The van der Waals surface area contributed by atoms with Gasteiger partial charge in [-0.3, -0.25) is 4.79 Å². The van der Waals surface area contributed by atoms with Gasteiger partial charge in [0.25, 0.3) is 0 Å². The molecule has 0 radical (unpaired) electrons. The van der Waals surface area contributed by atoms with Crippen LogP contribution < -0.4 is 20.3 Å². The molecule has 1 aliphatic rings. The van der Waals surface area contributed by atoms with E-state index in [1.165, 1.54) is 0 Å². The summed E-state index contributed by atoms with van der Waals surface area (Å²) in [6.07, 6.45) is 0.251. The topological polar surface area (TPSA) is 70.7 Å². The van der Waals surface area contributed by atoms with Crippen LogP contribution in [0.1, 0.15) is 12.0 Å². The van der Waals surface area contributed by atoms with Crippen molar-refractivity contribution in [1.29, 1.82) is 0 Å². The monoisotopic (exact) mass is 373 g/mol. The number of rotatable bonds is 4. The van der Waals surface area contributed by atoms with E-state index in [0.717, 1.165) is 11.3 Å². The first-order chi connectivity index (χ1) is 12.5. The number of nitrogens with one attached hydrogen (secondary N) is 2. The molecule has 136 valence electrons. The van der Waals surface area contributed by atoms with E-state index < -0.39 is 0 Å². The van der Waals surface area contributed by atoms with Gasteiger partial charge in [0, 0.05) is 23.7 Å². The first kappa shape index (κ1) is 18.1. The van der Waals surface area contributed by atoms with Gasteiger partial charge in [-0.25, -0.2) is 4.79 Å². The molecule has 1 heterocycles. The molecule has 2 N–H and O–H groups in total. The molecule has 26 heavy (non-hydrogen) atoms. The number of carbonyl (C=O) groups is 2. The van der Waals surface area contributed by atoms with Crippen LogP contribution in [-0.4, -0.2) is 31.6 Å². The molecule has 0 saturated carbocycles. The normalized spacial score (nSPS) is 16.5. The fourth-order valence-corrected chi connectivity index (χ4v) is 3.06. The van der Waals surface area contributed by atoms with Crippen LogP contribution in [-0.2, 0) is 4.79 Å². The summed E-state index contributed by atoms with van der Waals surface area (Å²) in [5.74, 6) is 0.543. The first-order valence-corrected chi connectivity index (χ1v) is 8.62. The Balaban J connectivity index is 1.63. The van der Waals surface area contributed by atoms with Crippen LogP contribution in [0.25, 0.3) is 0 Å². The minimum atomic E-state index is -0.371. The zero-order chi connectivity index (χ0) is 18.7. The van der Waals surface area contributed by atoms with E-state index in [9.17, 15) is 9.59 Å². The third-order valence-corrected chi connectivity index (χ3v) is 4.45. The zero-order valence-corrected chi connectivity index (χ0v) is 15.3. The van der Waals surface area contributed by atoms with Gasteiger partial charge in [-0.05, 0) is 48.9 Å².